The van der Waals surface area contributed by atoms with E-state index in [4.69, 9.17) is 0 Å². The first kappa shape index (κ1) is 12.0. The van der Waals surface area contributed by atoms with Crippen molar-refractivity contribution < 1.29 is 0 Å². The van der Waals surface area contributed by atoms with Gasteiger partial charge in [-0.15, -0.1) is 0 Å². The normalized spacial score (nSPS) is 11.6. The predicted octanol–water partition coefficient (Wildman–Crippen LogP) is 4.46. The van der Waals surface area contributed by atoms with Crippen LogP contribution in [0.2, 0.25) is 0 Å². The molecule has 0 aromatic rings. The van der Waals surface area contributed by atoms with Crippen LogP contribution in [0, 0.1) is 0 Å². The second-order valence-corrected chi connectivity index (χ2v) is 4.13. The lowest BCUT2D eigenvalue weighted by molar-refractivity contribution is 0.906. The highest BCUT2D eigenvalue weighted by atomic mass is 79.9. The highest BCUT2D eigenvalue weighted by Crippen LogP contribution is 2.14. The summed E-state index contributed by atoms with van der Waals surface area (Å²) in [4.78, 5) is 0. The molecule has 0 bridgehead atoms. The van der Waals surface area contributed by atoms with Gasteiger partial charge in [0.1, 0.15) is 0 Å². The smallest absolute Gasteiger partial charge is 0.0214 e. The van der Waals surface area contributed by atoms with Gasteiger partial charge in [-0.25, -0.2) is 0 Å². The van der Waals surface area contributed by atoms with E-state index in [1.54, 1.807) is 0 Å². The number of alkyl halides is 1. The first-order chi connectivity index (χ1) is 5.57. The maximum absolute atomic E-state index is 3.40. The molecule has 0 aromatic heterocycles. The van der Waals surface area contributed by atoms with Crippen molar-refractivity contribution in [2.45, 2.75) is 40.5 Å². The summed E-state index contributed by atoms with van der Waals surface area (Å²) in [6.45, 7) is 8.77. The van der Waals surface area contributed by atoms with Crippen LogP contribution in [0.3, 0.4) is 0 Å². The van der Waals surface area contributed by atoms with Crippen molar-refractivity contribution in [1.29, 1.82) is 0 Å². The van der Waals surface area contributed by atoms with Gasteiger partial charge in [0.05, 0.1) is 0 Å². The van der Waals surface area contributed by atoms with Gasteiger partial charge in [0, 0.05) is 5.33 Å². The van der Waals surface area contributed by atoms with Crippen LogP contribution < -0.4 is 0 Å². The fourth-order valence-corrected chi connectivity index (χ4v) is 1.42. The van der Waals surface area contributed by atoms with Crippen LogP contribution in [0.4, 0.5) is 0 Å². The Hall–Kier alpha value is -0.0400. The fraction of sp³-hybridized carbons (Fsp3) is 0.636. The van der Waals surface area contributed by atoms with Gasteiger partial charge in [-0.2, -0.15) is 0 Å². The quantitative estimate of drug-likeness (QED) is 0.494. The number of allylic oxidation sites excluding steroid dienone is 4. The zero-order valence-electron chi connectivity index (χ0n) is 8.58. The number of rotatable bonds is 4. The molecule has 0 aliphatic rings. The summed E-state index contributed by atoms with van der Waals surface area (Å²) in [7, 11) is 0. The molecule has 0 nitrogen and oxygen atoms in total. The van der Waals surface area contributed by atoms with Crippen LogP contribution in [-0.2, 0) is 0 Å². The molecule has 0 atom stereocenters. The standard InChI is InChI=1S/C11H19Br/c1-9(2)11(4)6-5-10(3)7-8-12/h7H,5-6,8H2,1-4H3/b10-7+. The first-order valence-electron chi connectivity index (χ1n) is 4.42. The van der Waals surface area contributed by atoms with E-state index in [1.807, 2.05) is 0 Å². The van der Waals surface area contributed by atoms with Gasteiger partial charge in [-0.05, 0) is 40.5 Å². The van der Waals surface area contributed by atoms with E-state index in [0.717, 1.165) is 5.33 Å². The van der Waals surface area contributed by atoms with E-state index < -0.39 is 0 Å². The summed E-state index contributed by atoms with van der Waals surface area (Å²) in [5.74, 6) is 0. The Balaban J connectivity index is 3.84. The van der Waals surface area contributed by atoms with E-state index in [-0.39, 0.29) is 0 Å². The Kier molecular flexibility index (Phi) is 6.45. The maximum atomic E-state index is 3.40. The van der Waals surface area contributed by atoms with Crippen molar-refractivity contribution in [1.82, 2.24) is 0 Å². The molecule has 0 aliphatic heterocycles. The Labute approximate surface area is 84.9 Å². The molecule has 0 fully saturated rings. The van der Waals surface area contributed by atoms with Crippen molar-refractivity contribution in [2.75, 3.05) is 5.33 Å². The minimum atomic E-state index is 0.979. The second-order valence-electron chi connectivity index (χ2n) is 3.49. The maximum Gasteiger partial charge on any atom is 0.0214 e. The summed E-state index contributed by atoms with van der Waals surface area (Å²) in [5.41, 5.74) is 4.46. The molecule has 0 aromatic carbocycles. The summed E-state index contributed by atoms with van der Waals surface area (Å²) < 4.78 is 0. The molecule has 0 rings (SSSR count). The lowest BCUT2D eigenvalue weighted by Crippen LogP contribution is -1.84. The summed E-state index contributed by atoms with van der Waals surface area (Å²) >= 11 is 3.40. The number of hydrogen-bond acceptors (Lipinski definition) is 0. The van der Waals surface area contributed by atoms with Crippen molar-refractivity contribution in [3.05, 3.63) is 22.8 Å². The van der Waals surface area contributed by atoms with Gasteiger partial charge in [-0.3, -0.25) is 0 Å². The zero-order valence-corrected chi connectivity index (χ0v) is 10.2. The topological polar surface area (TPSA) is 0 Å². The minimum Gasteiger partial charge on any atom is -0.0883 e. The fourth-order valence-electron chi connectivity index (χ4n) is 0.868. The van der Waals surface area contributed by atoms with E-state index in [9.17, 15) is 0 Å². The average Bonchev–Trinajstić information content (AvgIpc) is 2.00. The van der Waals surface area contributed by atoms with Gasteiger partial charge in [0.2, 0.25) is 0 Å². The van der Waals surface area contributed by atoms with E-state index >= 15 is 0 Å². The SMILES string of the molecule is CC(C)=C(C)CC/C(C)=C/CBr. The molecule has 12 heavy (non-hydrogen) atoms. The van der Waals surface area contributed by atoms with Gasteiger partial charge < -0.3 is 0 Å². The highest BCUT2D eigenvalue weighted by molar-refractivity contribution is 9.09. The molecule has 0 spiro atoms. The van der Waals surface area contributed by atoms with E-state index in [0.29, 0.717) is 0 Å². The van der Waals surface area contributed by atoms with Crippen LogP contribution in [0.15, 0.2) is 22.8 Å². The molecule has 0 unspecified atom stereocenters. The molecular weight excluding hydrogens is 212 g/mol. The Morgan fingerprint density at radius 3 is 2.08 bits per heavy atom. The molecule has 0 heterocycles. The third-order valence-electron chi connectivity index (χ3n) is 2.17. The van der Waals surface area contributed by atoms with Crippen LogP contribution in [-0.4, -0.2) is 5.33 Å². The summed E-state index contributed by atoms with van der Waals surface area (Å²) in [6.07, 6.45) is 4.64. The van der Waals surface area contributed by atoms with Gasteiger partial charge in [0.15, 0.2) is 0 Å². The average molecular weight is 231 g/mol. The highest BCUT2D eigenvalue weighted by Gasteiger charge is 1.93. The molecule has 0 N–H and O–H groups in total. The van der Waals surface area contributed by atoms with Crippen LogP contribution in [0.1, 0.15) is 40.5 Å². The summed E-state index contributed by atoms with van der Waals surface area (Å²) in [6, 6.07) is 0. The van der Waals surface area contributed by atoms with Gasteiger partial charge in [0.25, 0.3) is 0 Å². The predicted molar refractivity (Wildman–Crippen MR) is 60.8 cm³/mol. The zero-order chi connectivity index (χ0) is 9.56. The third kappa shape index (κ3) is 5.59. The molecule has 70 valence electrons. The largest absolute Gasteiger partial charge is 0.0883 e. The number of halogens is 1. The molecular formula is C11H19Br. The van der Waals surface area contributed by atoms with Gasteiger partial charge in [-0.1, -0.05) is 38.7 Å². The monoisotopic (exact) mass is 230 g/mol. The van der Waals surface area contributed by atoms with Crippen molar-refractivity contribution >= 4 is 15.9 Å². The first-order valence-corrected chi connectivity index (χ1v) is 5.54. The van der Waals surface area contributed by atoms with E-state index in [1.165, 1.54) is 29.6 Å². The van der Waals surface area contributed by atoms with Crippen molar-refractivity contribution in [3.8, 4) is 0 Å². The van der Waals surface area contributed by atoms with E-state index in [2.05, 4.69) is 49.7 Å². The Morgan fingerprint density at radius 2 is 1.67 bits per heavy atom. The molecule has 0 saturated heterocycles. The van der Waals surface area contributed by atoms with Crippen LogP contribution in [0.25, 0.3) is 0 Å². The Bertz CT molecular complexity index is 183. The second kappa shape index (κ2) is 6.47. The lowest BCUT2D eigenvalue weighted by Gasteiger charge is -2.03. The molecule has 0 amide bonds. The van der Waals surface area contributed by atoms with Crippen LogP contribution >= 0.6 is 15.9 Å². The van der Waals surface area contributed by atoms with Gasteiger partial charge >= 0.3 is 0 Å². The molecule has 1 heteroatoms. The minimum absolute atomic E-state index is 0.979. The third-order valence-corrected chi connectivity index (χ3v) is 2.50. The molecule has 0 radical (unpaired) electrons. The van der Waals surface area contributed by atoms with Crippen molar-refractivity contribution in [3.63, 3.8) is 0 Å². The molecule has 0 saturated carbocycles. The number of hydrogen-bond donors (Lipinski definition) is 0. The summed E-state index contributed by atoms with van der Waals surface area (Å²) in [5, 5.41) is 0.979. The Morgan fingerprint density at radius 1 is 1.08 bits per heavy atom. The van der Waals surface area contributed by atoms with Crippen LogP contribution in [0.5, 0.6) is 0 Å². The molecule has 0 aliphatic carbocycles. The lowest BCUT2D eigenvalue weighted by atomic mass is 10.0. The van der Waals surface area contributed by atoms with Crippen molar-refractivity contribution in [2.24, 2.45) is 0 Å².